The molecule has 0 saturated heterocycles. The molecule has 2 aliphatic rings. The van der Waals surface area contributed by atoms with Crippen LogP contribution in [0.5, 0.6) is 0 Å². The molecule has 0 fully saturated rings. The smallest absolute Gasteiger partial charge is 0.145 e. The third-order valence-electron chi connectivity index (χ3n) is 15.6. The Morgan fingerprint density at radius 3 is 1.69 bits per heavy atom. The molecule has 0 N–H and O–H groups in total. The van der Waals surface area contributed by atoms with Crippen LogP contribution in [0.4, 0.5) is 17.1 Å². The zero-order valence-corrected chi connectivity index (χ0v) is 38.0. The van der Waals surface area contributed by atoms with E-state index in [2.05, 4.69) is 230 Å². The monoisotopic (exact) mass is 893 g/mol. The molecule has 0 amide bonds. The van der Waals surface area contributed by atoms with Crippen LogP contribution in [0.3, 0.4) is 0 Å². The first-order chi connectivity index (χ1) is 34.6. The Labute approximate surface area is 401 Å². The van der Waals surface area contributed by atoms with E-state index < -0.39 is 5.41 Å². The number of anilines is 3. The number of benzene rings is 11. The molecule has 0 saturated carbocycles. The van der Waals surface area contributed by atoms with Crippen molar-refractivity contribution in [2.75, 3.05) is 4.90 Å². The van der Waals surface area contributed by atoms with Gasteiger partial charge in [0.25, 0.3) is 0 Å². The van der Waals surface area contributed by atoms with E-state index in [9.17, 15) is 0 Å². The van der Waals surface area contributed by atoms with Gasteiger partial charge in [-0.2, -0.15) is 0 Å². The highest BCUT2D eigenvalue weighted by atomic mass is 16.3. The average Bonchev–Trinajstić information content (AvgIpc) is 4.22. The predicted octanol–water partition coefficient (Wildman–Crippen LogP) is 18.3. The number of aryl methyl sites for hydroxylation is 1. The van der Waals surface area contributed by atoms with Crippen LogP contribution in [0, 0.1) is 6.92 Å². The van der Waals surface area contributed by atoms with Crippen molar-refractivity contribution in [3.05, 3.63) is 246 Å². The summed E-state index contributed by atoms with van der Waals surface area (Å²) in [7, 11) is 0. The fourth-order valence-corrected chi connectivity index (χ4v) is 12.6. The minimum Gasteiger partial charge on any atom is -0.455 e. The molecule has 0 radical (unpaired) electrons. The first-order valence-corrected chi connectivity index (χ1v) is 24.1. The lowest BCUT2D eigenvalue weighted by molar-refractivity contribution is 0.665. The SMILES string of the molecule is Cc1ccccc1N(c1ccc2cc(-c3ccccc3)ccc2c1)c1cc2c(c3oc4ccccc4c13)-c1c(ccc3c1oc1ccccc13)C21c2ccccc2-c2c1ccc1c2oc2ccccc21. The van der Waals surface area contributed by atoms with E-state index in [0.29, 0.717) is 0 Å². The van der Waals surface area contributed by atoms with Crippen molar-refractivity contribution in [1.29, 1.82) is 0 Å². The number of nitrogens with zero attached hydrogens (tertiary/aromatic N) is 1. The zero-order valence-electron chi connectivity index (χ0n) is 38.0. The van der Waals surface area contributed by atoms with Crippen LogP contribution >= 0.6 is 0 Å². The maximum absolute atomic E-state index is 7.40. The molecule has 4 heteroatoms. The second-order valence-electron chi connectivity index (χ2n) is 19.1. The Morgan fingerprint density at radius 1 is 0.357 bits per heavy atom. The Bertz CT molecular complexity index is 4570. The summed E-state index contributed by atoms with van der Waals surface area (Å²) in [6.45, 7) is 2.21. The summed E-state index contributed by atoms with van der Waals surface area (Å²) in [6, 6.07) is 79.2. The molecule has 3 aromatic heterocycles. The third-order valence-corrected chi connectivity index (χ3v) is 15.6. The van der Waals surface area contributed by atoms with Gasteiger partial charge in [0.2, 0.25) is 0 Å². The van der Waals surface area contributed by atoms with Gasteiger partial charge in [-0.1, -0.05) is 170 Å². The molecular formula is C66H39NO3. The van der Waals surface area contributed by atoms with Gasteiger partial charge in [-0.05, 0) is 111 Å². The van der Waals surface area contributed by atoms with Crippen LogP contribution in [0.1, 0.15) is 27.8 Å². The molecule has 70 heavy (non-hydrogen) atoms. The van der Waals surface area contributed by atoms with Crippen LogP contribution in [0.25, 0.3) is 110 Å². The molecule has 3 heterocycles. The van der Waals surface area contributed by atoms with E-state index in [1.807, 2.05) is 0 Å². The van der Waals surface area contributed by atoms with Gasteiger partial charge in [-0.15, -0.1) is 0 Å². The number of rotatable bonds is 4. The number of hydrogen-bond acceptors (Lipinski definition) is 4. The second-order valence-corrected chi connectivity index (χ2v) is 19.1. The Hall–Kier alpha value is -9.12. The quantitative estimate of drug-likeness (QED) is 0.177. The molecule has 1 unspecified atom stereocenters. The summed E-state index contributed by atoms with van der Waals surface area (Å²) in [5, 5.41) is 8.84. The van der Waals surface area contributed by atoms with Crippen molar-refractivity contribution in [1.82, 2.24) is 0 Å². The van der Waals surface area contributed by atoms with Gasteiger partial charge in [0.1, 0.15) is 33.5 Å². The molecule has 11 aromatic carbocycles. The normalized spacial score (nSPS) is 14.7. The topological polar surface area (TPSA) is 42.7 Å². The summed E-state index contributed by atoms with van der Waals surface area (Å²) in [5.74, 6) is 0. The first kappa shape index (κ1) is 37.9. The van der Waals surface area contributed by atoms with Crippen molar-refractivity contribution >= 4 is 93.7 Å². The number of fused-ring (bicyclic) bond motifs is 23. The summed E-state index contributed by atoms with van der Waals surface area (Å²) < 4.78 is 21.5. The fraction of sp³-hybridized carbons (Fsp3) is 0.0303. The zero-order chi connectivity index (χ0) is 45.8. The minimum absolute atomic E-state index is 0.784. The van der Waals surface area contributed by atoms with Crippen LogP contribution in [-0.2, 0) is 5.41 Å². The number of para-hydroxylation sites is 4. The van der Waals surface area contributed by atoms with Crippen molar-refractivity contribution in [2.24, 2.45) is 0 Å². The summed E-state index contributed by atoms with van der Waals surface area (Å²) in [6.07, 6.45) is 0. The number of hydrogen-bond donors (Lipinski definition) is 0. The van der Waals surface area contributed by atoms with Crippen molar-refractivity contribution in [2.45, 2.75) is 12.3 Å². The van der Waals surface area contributed by atoms with Crippen LogP contribution < -0.4 is 4.90 Å². The van der Waals surface area contributed by atoms with Crippen LogP contribution in [0.2, 0.25) is 0 Å². The third kappa shape index (κ3) is 4.84. The second kappa shape index (κ2) is 13.7. The summed E-state index contributed by atoms with van der Waals surface area (Å²) in [4.78, 5) is 2.47. The highest BCUT2D eigenvalue weighted by molar-refractivity contribution is 6.24. The molecule has 1 atom stereocenters. The van der Waals surface area contributed by atoms with E-state index >= 15 is 0 Å². The van der Waals surface area contributed by atoms with E-state index in [1.165, 1.54) is 27.6 Å². The molecule has 4 nitrogen and oxygen atoms in total. The average molecular weight is 894 g/mol. The van der Waals surface area contributed by atoms with Crippen molar-refractivity contribution < 1.29 is 13.3 Å². The lowest BCUT2D eigenvalue weighted by atomic mass is 9.70. The molecule has 326 valence electrons. The largest absolute Gasteiger partial charge is 0.455 e. The van der Waals surface area contributed by atoms with Gasteiger partial charge in [0.15, 0.2) is 0 Å². The Kier molecular flexibility index (Phi) is 7.45. The highest BCUT2D eigenvalue weighted by Crippen LogP contribution is 2.68. The standard InChI is InChI=1S/C66H39NO3/c1-38-15-5-11-23-54(38)67(43-30-29-41-35-40(27-28-42(41)36-43)39-16-3-2-4-17-39)55-37-53-62(65-60(55)49-21-9-14-26-58(49)70-65)61-52(34-32-47-45-19-8-13-25-57(45)69-64(47)61)66(53)50-22-10-6-20-48(50)59-51(66)33-31-46-44-18-7-12-24-56(44)68-63(46)59/h2-37H,1H3. The van der Waals surface area contributed by atoms with Gasteiger partial charge in [0, 0.05) is 55.0 Å². The molecule has 0 aliphatic heterocycles. The molecule has 16 rings (SSSR count). The Balaban J connectivity index is 1.07. The van der Waals surface area contributed by atoms with Crippen LogP contribution in [-0.4, -0.2) is 0 Å². The van der Waals surface area contributed by atoms with Crippen molar-refractivity contribution in [3.63, 3.8) is 0 Å². The molecule has 2 aliphatic carbocycles. The minimum atomic E-state index is -0.784. The number of furan rings is 3. The lowest BCUT2D eigenvalue weighted by Gasteiger charge is -2.33. The first-order valence-electron chi connectivity index (χ1n) is 24.1. The van der Waals surface area contributed by atoms with Gasteiger partial charge in [0.05, 0.1) is 16.5 Å². The van der Waals surface area contributed by atoms with Gasteiger partial charge >= 0.3 is 0 Å². The molecular weight excluding hydrogens is 855 g/mol. The highest BCUT2D eigenvalue weighted by Gasteiger charge is 2.55. The van der Waals surface area contributed by atoms with E-state index in [-0.39, 0.29) is 0 Å². The van der Waals surface area contributed by atoms with E-state index in [4.69, 9.17) is 13.3 Å². The van der Waals surface area contributed by atoms with Crippen LogP contribution in [0.15, 0.2) is 232 Å². The fourth-order valence-electron chi connectivity index (χ4n) is 12.6. The van der Waals surface area contributed by atoms with Gasteiger partial charge in [-0.25, -0.2) is 0 Å². The van der Waals surface area contributed by atoms with Gasteiger partial charge < -0.3 is 18.2 Å². The summed E-state index contributed by atoms with van der Waals surface area (Å²) in [5.41, 5.74) is 20.2. The molecule has 14 aromatic rings. The maximum Gasteiger partial charge on any atom is 0.145 e. The maximum atomic E-state index is 7.40. The van der Waals surface area contributed by atoms with E-state index in [0.717, 1.165) is 127 Å². The molecule has 0 bridgehead atoms. The van der Waals surface area contributed by atoms with E-state index in [1.54, 1.807) is 0 Å². The molecule has 1 spiro atoms. The summed E-state index contributed by atoms with van der Waals surface area (Å²) >= 11 is 0. The van der Waals surface area contributed by atoms with Crippen molar-refractivity contribution in [3.8, 4) is 33.4 Å². The Morgan fingerprint density at radius 2 is 0.929 bits per heavy atom. The van der Waals surface area contributed by atoms with Gasteiger partial charge in [-0.3, -0.25) is 0 Å². The predicted molar refractivity (Wildman–Crippen MR) is 287 cm³/mol. The lowest BCUT2D eigenvalue weighted by Crippen LogP contribution is -2.26.